The van der Waals surface area contributed by atoms with Crippen molar-refractivity contribution in [1.82, 2.24) is 0 Å². The number of carbonyl (C=O) groups excluding carboxylic acids is 1. The molecule has 0 aliphatic heterocycles. The molecule has 0 rings (SSSR count). The number of esters is 1. The number of carboxylic acid groups (broad SMARTS) is 1. The molecule has 5 heteroatoms. The topological polar surface area (TPSA) is 95.1 Å². The predicted molar refractivity (Wildman–Crippen MR) is 59.7 cm³/mol. The third-order valence-electron chi connectivity index (χ3n) is 1.17. The molecule has 0 radical (unpaired) electrons. The Labute approximate surface area is 91.7 Å². The van der Waals surface area contributed by atoms with E-state index in [1.54, 1.807) is 27.7 Å². The summed E-state index contributed by atoms with van der Waals surface area (Å²) >= 11 is 0. The van der Waals surface area contributed by atoms with Crippen LogP contribution in [-0.4, -0.2) is 29.6 Å². The normalized spacial score (nSPS) is 7.93. The SMILES string of the molecule is C.CC(C)C(O)=[18O].COC(=O)C(C)C.[18OH2]. The van der Waals surface area contributed by atoms with Crippen LogP contribution in [0.2, 0.25) is 0 Å². The lowest BCUT2D eigenvalue weighted by Gasteiger charge is -1.97. The van der Waals surface area contributed by atoms with Crippen LogP contribution in [0.5, 0.6) is 0 Å². The maximum absolute atomic E-state index is 10.3. The van der Waals surface area contributed by atoms with Gasteiger partial charge in [0.05, 0.1) is 18.9 Å². The lowest BCUT2D eigenvalue weighted by atomic mass is 10.2. The summed E-state index contributed by atoms with van der Waals surface area (Å²) in [6, 6.07) is 0. The van der Waals surface area contributed by atoms with Crippen LogP contribution in [0.3, 0.4) is 0 Å². The molecule has 0 aromatic carbocycles. The van der Waals surface area contributed by atoms with Gasteiger partial charge >= 0.3 is 11.9 Å². The fourth-order valence-electron chi connectivity index (χ4n) is 0.236. The van der Waals surface area contributed by atoms with Gasteiger partial charge in [0.2, 0.25) is 0 Å². The van der Waals surface area contributed by atoms with Crippen LogP contribution >= 0.6 is 0 Å². The predicted octanol–water partition coefficient (Wildman–Crippen LogP) is 1.35. The van der Waals surface area contributed by atoms with E-state index in [-0.39, 0.29) is 30.7 Å². The molecule has 0 saturated heterocycles. The van der Waals surface area contributed by atoms with E-state index in [4.69, 9.17) is 5.11 Å². The zero-order chi connectivity index (χ0) is 11.0. The molecular formula is C10H24O5. The minimum absolute atomic E-state index is 0. The van der Waals surface area contributed by atoms with Gasteiger partial charge in [0.15, 0.2) is 0 Å². The Morgan fingerprint density at radius 2 is 1.47 bits per heavy atom. The zero-order valence-electron chi connectivity index (χ0n) is 9.33. The summed E-state index contributed by atoms with van der Waals surface area (Å²) in [6.07, 6.45) is 0. The fraction of sp³-hybridized carbons (Fsp3) is 0.800. The van der Waals surface area contributed by atoms with E-state index in [2.05, 4.69) is 4.74 Å². The van der Waals surface area contributed by atoms with Crippen LogP contribution < -0.4 is 0 Å². The lowest BCUT2D eigenvalue weighted by Crippen LogP contribution is -2.07. The standard InChI is InChI=1S/C5H10O2.C4H8O2.CH4.H2O/c1-4(2)5(6)7-3;1-3(2)4(5)6;;/h4H,1-3H3;3H,1-2H3,(H,5,6);1H4;1H2/i;5+2;;1+2. The monoisotopic (exact) mass is 228 g/mol. The zero-order valence-corrected chi connectivity index (χ0v) is 9.33. The maximum Gasteiger partial charge on any atom is 0.308 e. The van der Waals surface area contributed by atoms with Crippen LogP contribution in [0.15, 0.2) is 0 Å². The Bertz CT molecular complexity index is 163. The molecule has 0 bridgehead atoms. The minimum Gasteiger partial charge on any atom is -0.481 e. The largest absolute Gasteiger partial charge is 0.481 e. The first-order valence-corrected chi connectivity index (χ1v) is 4.13. The quantitative estimate of drug-likeness (QED) is 0.570. The number of carbonyl (C=O) groups is 2. The third kappa shape index (κ3) is 19.3. The number of hydrogen-bond acceptors (Lipinski definition) is 3. The highest BCUT2D eigenvalue weighted by Crippen LogP contribution is 1.91. The summed E-state index contributed by atoms with van der Waals surface area (Å²) in [4.78, 5) is 20.0. The molecule has 0 saturated carbocycles. The first kappa shape index (κ1) is 23.6. The van der Waals surface area contributed by atoms with Crippen LogP contribution in [0.25, 0.3) is 0 Å². The molecule has 0 amide bonds. The number of carboxylic acids is 1. The maximum atomic E-state index is 10.3. The summed E-state index contributed by atoms with van der Waals surface area (Å²) in [5.41, 5.74) is 0. The molecule has 3 N–H and O–H groups in total. The van der Waals surface area contributed by atoms with Crippen LogP contribution in [0.1, 0.15) is 35.1 Å². The summed E-state index contributed by atoms with van der Waals surface area (Å²) in [7, 11) is 1.39. The molecule has 0 unspecified atom stereocenters. The Balaban J connectivity index is -0.0000000718. The first-order chi connectivity index (χ1) is 5.82. The number of hydrogen-bond donors (Lipinski definition) is 1. The average Bonchev–Trinajstić information content (AvgIpc) is 2.03. The van der Waals surface area contributed by atoms with E-state index < -0.39 is 5.97 Å². The third-order valence-corrected chi connectivity index (χ3v) is 1.17. The van der Waals surface area contributed by atoms with Crippen molar-refractivity contribution >= 4 is 11.9 Å². The Morgan fingerprint density at radius 3 is 1.47 bits per heavy atom. The fourth-order valence-corrected chi connectivity index (χ4v) is 0.236. The second-order valence-corrected chi connectivity index (χ2v) is 3.17. The van der Waals surface area contributed by atoms with E-state index in [1.807, 2.05) is 0 Å². The van der Waals surface area contributed by atoms with Crippen molar-refractivity contribution in [2.24, 2.45) is 11.8 Å². The Morgan fingerprint density at radius 1 is 1.20 bits per heavy atom. The molecule has 0 aliphatic carbocycles. The number of rotatable bonds is 2. The average molecular weight is 228 g/mol. The summed E-state index contributed by atoms with van der Waals surface area (Å²) < 4.78 is 4.37. The molecule has 5 nitrogen and oxygen atoms in total. The van der Waals surface area contributed by atoms with Crippen LogP contribution in [-0.2, 0) is 14.3 Å². The molecular weight excluding hydrogens is 204 g/mol. The molecule has 0 aliphatic rings. The van der Waals surface area contributed by atoms with E-state index in [0.717, 1.165) is 0 Å². The van der Waals surface area contributed by atoms with Crippen molar-refractivity contribution in [3.8, 4) is 0 Å². The summed E-state index contributed by atoms with van der Waals surface area (Å²) in [5, 5.41) is 7.99. The highest BCUT2D eigenvalue weighted by atomic mass is 18.1. The van der Waals surface area contributed by atoms with Gasteiger partial charge in [-0.15, -0.1) is 0 Å². The van der Waals surface area contributed by atoms with Crippen molar-refractivity contribution < 1.29 is 24.9 Å². The van der Waals surface area contributed by atoms with Gasteiger partial charge in [0.1, 0.15) is 0 Å². The van der Waals surface area contributed by atoms with E-state index in [0.29, 0.717) is 0 Å². The van der Waals surface area contributed by atoms with E-state index in [9.17, 15) is 9.59 Å². The van der Waals surface area contributed by atoms with Gasteiger partial charge in [-0.3, -0.25) is 9.59 Å². The molecule has 0 spiro atoms. The van der Waals surface area contributed by atoms with Gasteiger partial charge in [-0.1, -0.05) is 35.1 Å². The molecule has 0 heterocycles. The van der Waals surface area contributed by atoms with Crippen molar-refractivity contribution in [2.75, 3.05) is 7.11 Å². The second-order valence-electron chi connectivity index (χ2n) is 3.17. The van der Waals surface area contributed by atoms with Crippen molar-refractivity contribution in [1.29, 1.82) is 0 Å². The van der Waals surface area contributed by atoms with Gasteiger partial charge in [-0.25, -0.2) is 0 Å². The molecule has 94 valence electrons. The van der Waals surface area contributed by atoms with Gasteiger partial charge in [0.25, 0.3) is 0 Å². The summed E-state index contributed by atoms with van der Waals surface area (Å²) in [6.45, 7) is 6.88. The highest BCUT2D eigenvalue weighted by molar-refractivity contribution is 5.71. The van der Waals surface area contributed by atoms with Crippen molar-refractivity contribution in [3.05, 3.63) is 0 Å². The molecule has 0 atom stereocenters. The molecule has 0 aromatic rings. The minimum atomic E-state index is -0.741. The van der Waals surface area contributed by atoms with E-state index >= 15 is 0 Å². The smallest absolute Gasteiger partial charge is 0.308 e. The Hall–Kier alpha value is -1.10. The first-order valence-electron chi connectivity index (χ1n) is 4.13. The second kappa shape index (κ2) is 12.9. The summed E-state index contributed by atoms with van der Waals surface area (Å²) in [5.74, 6) is -1.12. The van der Waals surface area contributed by atoms with Crippen molar-refractivity contribution in [2.45, 2.75) is 35.1 Å². The van der Waals surface area contributed by atoms with Crippen LogP contribution in [0, 0.1) is 11.8 Å². The molecule has 0 aromatic heterocycles. The number of methoxy groups -OCH3 is 1. The number of aliphatic carboxylic acids is 1. The number of ether oxygens (including phenoxy) is 1. The molecule has 15 heavy (non-hydrogen) atoms. The Kier molecular flexibility index (Phi) is 20.3. The molecule has 0 fully saturated rings. The van der Waals surface area contributed by atoms with Gasteiger partial charge in [0, 0.05) is 0 Å². The highest BCUT2D eigenvalue weighted by Gasteiger charge is 2.03. The van der Waals surface area contributed by atoms with Gasteiger partial charge in [-0.05, 0) is 0 Å². The van der Waals surface area contributed by atoms with Gasteiger partial charge < -0.3 is 15.3 Å². The van der Waals surface area contributed by atoms with Crippen LogP contribution in [0.4, 0.5) is 0 Å². The van der Waals surface area contributed by atoms with E-state index in [1.165, 1.54) is 7.11 Å². The lowest BCUT2D eigenvalue weighted by molar-refractivity contribution is -0.144. The van der Waals surface area contributed by atoms with Crippen molar-refractivity contribution in [3.63, 3.8) is 0 Å². The van der Waals surface area contributed by atoms with Gasteiger partial charge in [-0.2, -0.15) is 0 Å².